The number of benzene rings is 2. The highest BCUT2D eigenvalue weighted by Crippen LogP contribution is 2.49. The lowest BCUT2D eigenvalue weighted by Crippen LogP contribution is -2.45. The Labute approximate surface area is 228 Å². The van der Waals surface area contributed by atoms with Gasteiger partial charge in [-0.3, -0.25) is 9.59 Å². The molecule has 7 nitrogen and oxygen atoms in total. The van der Waals surface area contributed by atoms with Crippen molar-refractivity contribution in [3.63, 3.8) is 0 Å². The van der Waals surface area contributed by atoms with Gasteiger partial charge in [0.2, 0.25) is 11.7 Å². The molecule has 3 aliphatic rings. The molecule has 1 aliphatic carbocycles. The van der Waals surface area contributed by atoms with Gasteiger partial charge in [-0.1, -0.05) is 42.8 Å². The first-order valence-electron chi connectivity index (χ1n) is 13.6. The number of anilines is 2. The van der Waals surface area contributed by atoms with Crippen molar-refractivity contribution in [2.75, 3.05) is 36.0 Å². The third-order valence-electron chi connectivity index (χ3n) is 8.84. The van der Waals surface area contributed by atoms with Crippen molar-refractivity contribution in [3.05, 3.63) is 76.2 Å². The van der Waals surface area contributed by atoms with E-state index in [1.165, 1.54) is 4.68 Å². The number of rotatable bonds is 7. The molecule has 3 aromatic rings. The van der Waals surface area contributed by atoms with Gasteiger partial charge < -0.3 is 14.5 Å². The summed E-state index contributed by atoms with van der Waals surface area (Å²) in [5.41, 5.74) is 1.80. The van der Waals surface area contributed by atoms with E-state index in [4.69, 9.17) is 16.3 Å². The van der Waals surface area contributed by atoms with Crippen LogP contribution in [0.1, 0.15) is 45.4 Å². The Morgan fingerprint density at radius 2 is 1.63 bits per heavy atom. The summed E-state index contributed by atoms with van der Waals surface area (Å²) in [4.78, 5) is 31.3. The lowest BCUT2D eigenvalue weighted by Gasteiger charge is -2.39. The molecule has 0 unspecified atom stereocenters. The van der Waals surface area contributed by atoms with Gasteiger partial charge in [0.25, 0.3) is 0 Å². The summed E-state index contributed by atoms with van der Waals surface area (Å²) in [6.45, 7) is 4.79. The van der Waals surface area contributed by atoms with Crippen LogP contribution >= 0.6 is 11.6 Å². The molecule has 0 bridgehead atoms. The maximum Gasteiger partial charge on any atom is 0.316 e. The van der Waals surface area contributed by atoms with Gasteiger partial charge >= 0.3 is 5.56 Å². The summed E-state index contributed by atoms with van der Waals surface area (Å²) >= 11 is 6.19. The van der Waals surface area contributed by atoms with Crippen LogP contribution in [0.4, 0.5) is 11.4 Å². The van der Waals surface area contributed by atoms with E-state index in [-0.39, 0.29) is 22.3 Å². The highest BCUT2D eigenvalue weighted by Gasteiger charge is 2.49. The molecular formula is C30H33ClN4O3. The van der Waals surface area contributed by atoms with Crippen LogP contribution in [0.2, 0.25) is 5.02 Å². The third-order valence-corrected chi connectivity index (χ3v) is 9.07. The summed E-state index contributed by atoms with van der Waals surface area (Å²) < 4.78 is 7.68. The van der Waals surface area contributed by atoms with Crippen LogP contribution in [0.5, 0.6) is 5.75 Å². The average molecular weight is 533 g/mol. The number of hydrogen-bond acceptors (Lipinski definition) is 5. The van der Waals surface area contributed by atoms with Gasteiger partial charge in [0, 0.05) is 35.8 Å². The van der Waals surface area contributed by atoms with Crippen molar-refractivity contribution in [2.45, 2.75) is 45.4 Å². The van der Waals surface area contributed by atoms with Gasteiger partial charge in [-0.2, -0.15) is 9.78 Å². The van der Waals surface area contributed by atoms with E-state index in [1.54, 1.807) is 24.4 Å². The Bertz CT molecular complexity index is 1390. The second-order valence-corrected chi connectivity index (χ2v) is 11.4. The van der Waals surface area contributed by atoms with E-state index < -0.39 is 0 Å². The summed E-state index contributed by atoms with van der Waals surface area (Å²) in [7, 11) is 0. The number of para-hydroxylation sites is 1. The van der Waals surface area contributed by atoms with Gasteiger partial charge in [-0.15, -0.1) is 0 Å². The van der Waals surface area contributed by atoms with E-state index in [0.717, 1.165) is 50.8 Å². The predicted octanol–water partition coefficient (Wildman–Crippen LogP) is 5.48. The summed E-state index contributed by atoms with van der Waals surface area (Å²) in [6.07, 6.45) is 7.34. The molecule has 1 aromatic heterocycles. The topological polar surface area (TPSA) is 67.7 Å². The molecule has 1 saturated carbocycles. The van der Waals surface area contributed by atoms with E-state index in [2.05, 4.69) is 16.9 Å². The van der Waals surface area contributed by atoms with Crippen LogP contribution in [0.15, 0.2) is 65.6 Å². The predicted molar refractivity (Wildman–Crippen MR) is 150 cm³/mol. The number of carbonyl (C=O) groups excluding carboxylic acids is 1. The fraction of sp³-hybridized carbons (Fsp3) is 0.433. The van der Waals surface area contributed by atoms with Gasteiger partial charge in [0.1, 0.15) is 5.69 Å². The highest BCUT2D eigenvalue weighted by atomic mass is 35.5. The first-order valence-corrected chi connectivity index (χ1v) is 13.9. The minimum Gasteiger partial charge on any atom is -0.486 e. The minimum atomic E-state index is -0.350. The zero-order chi connectivity index (χ0) is 26.3. The number of piperidine rings is 1. The lowest BCUT2D eigenvalue weighted by molar-refractivity contribution is -0.126. The number of halogens is 1. The normalized spacial score (nSPS) is 19.7. The molecule has 3 fully saturated rings. The number of nitrogens with zero attached hydrogens (tertiary/aromatic N) is 4. The van der Waals surface area contributed by atoms with Crippen molar-refractivity contribution < 1.29 is 9.53 Å². The molecule has 2 aromatic carbocycles. The van der Waals surface area contributed by atoms with Crippen LogP contribution in [0.3, 0.4) is 0 Å². The van der Waals surface area contributed by atoms with Gasteiger partial charge in [-0.05, 0) is 68.9 Å². The molecule has 6 rings (SSSR count). The smallest absolute Gasteiger partial charge is 0.316 e. The molecule has 8 heteroatoms. The van der Waals surface area contributed by atoms with Crippen LogP contribution in [0.25, 0.3) is 5.69 Å². The number of ether oxygens (including phenoxy) is 1. The quantitative estimate of drug-likeness (QED) is 0.403. The van der Waals surface area contributed by atoms with Crippen LogP contribution < -0.4 is 20.1 Å². The number of hydrogen-bond donors (Lipinski definition) is 0. The lowest BCUT2D eigenvalue weighted by atomic mass is 9.77. The maximum atomic E-state index is 13.7. The molecule has 38 heavy (non-hydrogen) atoms. The van der Waals surface area contributed by atoms with Crippen LogP contribution in [0, 0.1) is 10.8 Å². The molecule has 0 N–H and O–H groups in total. The minimum absolute atomic E-state index is 0.164. The van der Waals surface area contributed by atoms with Crippen molar-refractivity contribution in [1.82, 2.24) is 9.78 Å². The fourth-order valence-electron chi connectivity index (χ4n) is 5.90. The van der Waals surface area contributed by atoms with Crippen LogP contribution in [-0.4, -0.2) is 41.9 Å². The Balaban J connectivity index is 1.26. The fourth-order valence-corrected chi connectivity index (χ4v) is 6.08. The highest BCUT2D eigenvalue weighted by molar-refractivity contribution is 6.30. The maximum absolute atomic E-state index is 13.7. The van der Waals surface area contributed by atoms with Crippen molar-refractivity contribution in [3.8, 4) is 11.4 Å². The molecule has 2 aliphatic heterocycles. The Kier molecular flexibility index (Phi) is 6.42. The van der Waals surface area contributed by atoms with Crippen molar-refractivity contribution in [2.24, 2.45) is 10.8 Å². The second kappa shape index (κ2) is 9.77. The molecule has 1 spiro atoms. The monoisotopic (exact) mass is 532 g/mol. The largest absolute Gasteiger partial charge is 0.486 e. The van der Waals surface area contributed by atoms with Crippen LogP contribution in [-0.2, 0) is 4.79 Å². The molecule has 198 valence electrons. The molecule has 3 heterocycles. The number of aromatic nitrogens is 2. The summed E-state index contributed by atoms with van der Waals surface area (Å²) in [6, 6.07) is 17.0. The SMILES string of the molecule is CCC1(COc2c(N3CCC4(CC3)CCN(c3ccccc3)C4=O)cnn(-c3cccc(Cl)c3)c2=O)CC1. The molecule has 0 atom stereocenters. The third kappa shape index (κ3) is 4.47. The zero-order valence-electron chi connectivity index (χ0n) is 21.7. The Morgan fingerprint density at radius 3 is 2.32 bits per heavy atom. The standard InChI is InChI=1S/C30H33ClN4O3/c1-2-29(11-12-29)21-38-26-25(20-32-35(27(26)36)24-10-6-7-22(31)19-24)33-16-13-30(14-17-33)15-18-34(28(30)37)23-8-4-3-5-9-23/h3-10,19-20H,2,11-18,21H2,1H3. The summed E-state index contributed by atoms with van der Waals surface area (Å²) in [5, 5.41) is 5.05. The van der Waals surface area contributed by atoms with E-state index in [0.29, 0.717) is 41.8 Å². The molecular weight excluding hydrogens is 500 g/mol. The van der Waals surface area contributed by atoms with Crippen molar-refractivity contribution in [1.29, 1.82) is 0 Å². The van der Waals surface area contributed by atoms with Crippen molar-refractivity contribution >= 4 is 28.9 Å². The zero-order valence-corrected chi connectivity index (χ0v) is 22.5. The van der Waals surface area contributed by atoms with Gasteiger partial charge in [0.15, 0.2) is 0 Å². The Hall–Kier alpha value is -3.32. The number of carbonyl (C=O) groups is 1. The molecule has 0 radical (unpaired) electrons. The first-order chi connectivity index (χ1) is 18.4. The summed E-state index contributed by atoms with van der Waals surface area (Å²) in [5.74, 6) is 0.548. The molecule has 1 amide bonds. The average Bonchev–Trinajstić information content (AvgIpc) is 3.67. The second-order valence-electron chi connectivity index (χ2n) is 11.0. The van der Waals surface area contributed by atoms with E-state index >= 15 is 0 Å². The van der Waals surface area contributed by atoms with Gasteiger partial charge in [-0.25, -0.2) is 0 Å². The Morgan fingerprint density at radius 1 is 0.921 bits per heavy atom. The number of amides is 1. The first kappa shape index (κ1) is 25.0. The van der Waals surface area contributed by atoms with E-state index in [1.807, 2.05) is 41.3 Å². The van der Waals surface area contributed by atoms with E-state index in [9.17, 15) is 9.59 Å². The van der Waals surface area contributed by atoms with Gasteiger partial charge in [0.05, 0.1) is 23.9 Å². The molecule has 2 saturated heterocycles.